The maximum absolute atomic E-state index is 12.9. The highest BCUT2D eigenvalue weighted by Crippen LogP contribution is 2.08. The van der Waals surface area contributed by atoms with Crippen LogP contribution < -0.4 is 5.32 Å². The van der Waals surface area contributed by atoms with Crippen LogP contribution in [0.2, 0.25) is 0 Å². The lowest BCUT2D eigenvalue weighted by Crippen LogP contribution is -2.20. The molecule has 0 aromatic heterocycles. The molecule has 1 rings (SSSR count). The van der Waals surface area contributed by atoms with Gasteiger partial charge < -0.3 is 10.1 Å². The second-order valence-electron chi connectivity index (χ2n) is 3.10. The van der Waals surface area contributed by atoms with Crippen molar-refractivity contribution < 1.29 is 18.7 Å². The third-order valence-corrected chi connectivity index (χ3v) is 1.87. The van der Waals surface area contributed by atoms with E-state index in [0.29, 0.717) is 12.0 Å². The van der Waals surface area contributed by atoms with E-state index in [0.717, 1.165) is 0 Å². The average molecular weight is 237 g/mol. The van der Waals surface area contributed by atoms with Crippen molar-refractivity contribution in [2.45, 2.75) is 6.92 Å². The molecule has 0 spiro atoms. The molecule has 0 unspecified atom stereocenters. The zero-order valence-electron chi connectivity index (χ0n) is 9.27. The Hall–Kier alpha value is -2.17. The minimum Gasteiger partial charge on any atom is -0.461 e. The molecule has 0 aliphatic heterocycles. The fourth-order valence-electron chi connectivity index (χ4n) is 1.19. The van der Waals surface area contributed by atoms with Gasteiger partial charge in [0.2, 0.25) is 6.41 Å². The molecule has 17 heavy (non-hydrogen) atoms. The Bertz CT molecular complexity index is 443. The molecule has 0 heterocycles. The standard InChI is InChI=1S/C12H12FNO3/c1-2-17-12(16)11(14-8-15)7-9-4-3-5-10(13)6-9/h3-8H,2H2,1H3,(H,14,15). The first-order chi connectivity index (χ1) is 8.17. The van der Waals surface area contributed by atoms with Crippen LogP contribution in [0.5, 0.6) is 0 Å². The first-order valence-corrected chi connectivity index (χ1v) is 5.02. The Kier molecular flexibility index (Phi) is 4.87. The van der Waals surface area contributed by atoms with E-state index in [1.165, 1.54) is 24.3 Å². The van der Waals surface area contributed by atoms with Crippen molar-refractivity contribution in [2.75, 3.05) is 6.61 Å². The number of benzene rings is 1. The monoisotopic (exact) mass is 237 g/mol. The van der Waals surface area contributed by atoms with Crippen LogP contribution in [-0.2, 0) is 14.3 Å². The van der Waals surface area contributed by atoms with E-state index in [-0.39, 0.29) is 12.3 Å². The van der Waals surface area contributed by atoms with Gasteiger partial charge in [-0.3, -0.25) is 4.79 Å². The molecule has 4 nitrogen and oxygen atoms in total. The predicted molar refractivity (Wildman–Crippen MR) is 60.2 cm³/mol. The summed E-state index contributed by atoms with van der Waals surface area (Å²) in [6.07, 6.45) is 1.71. The van der Waals surface area contributed by atoms with E-state index in [9.17, 15) is 14.0 Å². The Morgan fingerprint density at radius 2 is 2.29 bits per heavy atom. The molecule has 0 saturated carbocycles. The van der Waals surface area contributed by atoms with E-state index in [1.54, 1.807) is 13.0 Å². The van der Waals surface area contributed by atoms with Gasteiger partial charge in [0.25, 0.3) is 0 Å². The quantitative estimate of drug-likeness (QED) is 0.479. The Balaban J connectivity index is 2.96. The summed E-state index contributed by atoms with van der Waals surface area (Å²) in [5, 5.41) is 2.22. The molecule has 1 aromatic carbocycles. The normalized spacial score (nSPS) is 10.8. The van der Waals surface area contributed by atoms with Gasteiger partial charge in [-0.25, -0.2) is 9.18 Å². The lowest BCUT2D eigenvalue weighted by atomic mass is 10.2. The van der Waals surface area contributed by atoms with Crippen LogP contribution in [0.15, 0.2) is 30.0 Å². The van der Waals surface area contributed by atoms with Gasteiger partial charge in [-0.15, -0.1) is 0 Å². The zero-order chi connectivity index (χ0) is 12.7. The first kappa shape index (κ1) is 12.9. The fraction of sp³-hybridized carbons (Fsp3) is 0.167. The second-order valence-corrected chi connectivity index (χ2v) is 3.10. The molecule has 1 aromatic rings. The van der Waals surface area contributed by atoms with Gasteiger partial charge in [0, 0.05) is 0 Å². The second kappa shape index (κ2) is 6.42. The molecule has 0 aliphatic carbocycles. The summed E-state index contributed by atoms with van der Waals surface area (Å²) in [6.45, 7) is 1.85. The lowest BCUT2D eigenvalue weighted by molar-refractivity contribution is -0.139. The molecular weight excluding hydrogens is 225 g/mol. The van der Waals surface area contributed by atoms with Crippen molar-refractivity contribution in [3.63, 3.8) is 0 Å². The van der Waals surface area contributed by atoms with Crippen molar-refractivity contribution in [1.82, 2.24) is 5.32 Å². The molecule has 0 bridgehead atoms. The minimum absolute atomic E-state index is 0.0348. The van der Waals surface area contributed by atoms with Gasteiger partial charge in [0.05, 0.1) is 6.61 Å². The molecule has 1 amide bonds. The lowest BCUT2D eigenvalue weighted by Gasteiger charge is -2.05. The number of esters is 1. The number of carbonyl (C=O) groups is 2. The summed E-state index contributed by atoms with van der Waals surface area (Å²) < 4.78 is 17.7. The van der Waals surface area contributed by atoms with E-state index < -0.39 is 11.8 Å². The fourth-order valence-corrected chi connectivity index (χ4v) is 1.19. The summed E-state index contributed by atoms with van der Waals surface area (Å²) in [6, 6.07) is 5.64. The van der Waals surface area contributed by atoms with Gasteiger partial charge in [-0.2, -0.15) is 0 Å². The van der Waals surface area contributed by atoms with E-state index >= 15 is 0 Å². The van der Waals surface area contributed by atoms with Gasteiger partial charge in [-0.1, -0.05) is 12.1 Å². The largest absolute Gasteiger partial charge is 0.461 e. The topological polar surface area (TPSA) is 55.4 Å². The van der Waals surface area contributed by atoms with E-state index in [1.807, 2.05) is 0 Å². The average Bonchev–Trinajstić information content (AvgIpc) is 2.29. The molecular formula is C12H12FNO3. The van der Waals surface area contributed by atoms with Gasteiger partial charge >= 0.3 is 5.97 Å². The number of rotatable bonds is 5. The summed E-state index contributed by atoms with van der Waals surface area (Å²) in [7, 11) is 0. The molecule has 5 heteroatoms. The molecule has 0 aliphatic rings. The molecule has 0 fully saturated rings. The van der Waals surface area contributed by atoms with Crippen molar-refractivity contribution in [1.29, 1.82) is 0 Å². The maximum Gasteiger partial charge on any atom is 0.354 e. The van der Waals surface area contributed by atoms with Crippen LogP contribution >= 0.6 is 0 Å². The SMILES string of the molecule is CCOC(=O)C(=Cc1cccc(F)c1)NC=O. The summed E-state index contributed by atoms with van der Waals surface area (Å²) in [4.78, 5) is 21.8. The smallest absolute Gasteiger partial charge is 0.354 e. The third-order valence-electron chi connectivity index (χ3n) is 1.87. The molecule has 90 valence electrons. The van der Waals surface area contributed by atoms with Crippen molar-refractivity contribution >= 4 is 18.5 Å². The van der Waals surface area contributed by atoms with Gasteiger partial charge in [0.1, 0.15) is 11.5 Å². The number of nitrogens with one attached hydrogen (secondary N) is 1. The molecule has 1 N–H and O–H groups in total. The van der Waals surface area contributed by atoms with Crippen LogP contribution in [-0.4, -0.2) is 19.0 Å². The van der Waals surface area contributed by atoms with Crippen molar-refractivity contribution in [3.8, 4) is 0 Å². The van der Waals surface area contributed by atoms with Crippen LogP contribution in [0.1, 0.15) is 12.5 Å². The van der Waals surface area contributed by atoms with E-state index in [4.69, 9.17) is 4.74 Å². The van der Waals surface area contributed by atoms with Gasteiger partial charge in [0.15, 0.2) is 0 Å². The van der Waals surface area contributed by atoms with Crippen LogP contribution in [0, 0.1) is 5.82 Å². The van der Waals surface area contributed by atoms with Crippen molar-refractivity contribution in [2.24, 2.45) is 0 Å². The molecule has 0 saturated heterocycles. The minimum atomic E-state index is -0.663. The summed E-state index contributed by atoms with van der Waals surface area (Å²) in [5.74, 6) is -1.09. The highest BCUT2D eigenvalue weighted by atomic mass is 19.1. The van der Waals surface area contributed by atoms with Gasteiger partial charge in [-0.05, 0) is 30.7 Å². The Morgan fingerprint density at radius 3 is 2.88 bits per heavy atom. The third kappa shape index (κ3) is 4.06. The Labute approximate surface area is 98.1 Å². The maximum atomic E-state index is 12.9. The first-order valence-electron chi connectivity index (χ1n) is 5.02. The number of halogens is 1. The number of hydrogen-bond donors (Lipinski definition) is 1. The van der Waals surface area contributed by atoms with Crippen LogP contribution in [0.25, 0.3) is 6.08 Å². The zero-order valence-corrected chi connectivity index (χ0v) is 9.27. The number of ether oxygens (including phenoxy) is 1. The Morgan fingerprint density at radius 1 is 1.53 bits per heavy atom. The number of carbonyl (C=O) groups excluding carboxylic acids is 2. The summed E-state index contributed by atoms with van der Waals surface area (Å²) >= 11 is 0. The number of amides is 1. The van der Waals surface area contributed by atoms with Crippen LogP contribution in [0.3, 0.4) is 0 Å². The predicted octanol–water partition coefficient (Wildman–Crippen LogP) is 1.48. The van der Waals surface area contributed by atoms with Crippen molar-refractivity contribution in [3.05, 3.63) is 41.3 Å². The van der Waals surface area contributed by atoms with E-state index in [2.05, 4.69) is 5.32 Å². The number of hydrogen-bond acceptors (Lipinski definition) is 3. The molecule has 0 radical (unpaired) electrons. The van der Waals surface area contributed by atoms with Crippen LogP contribution in [0.4, 0.5) is 4.39 Å². The molecule has 0 atom stereocenters. The highest BCUT2D eigenvalue weighted by Gasteiger charge is 2.09. The highest BCUT2D eigenvalue weighted by molar-refractivity contribution is 5.95. The summed E-state index contributed by atoms with van der Waals surface area (Å²) in [5.41, 5.74) is 0.426.